The minimum Gasteiger partial charge on any atom is -0.496 e. The monoisotopic (exact) mass is 270 g/mol. The molecule has 2 aromatic carbocycles. The third-order valence-corrected chi connectivity index (χ3v) is 3.20. The zero-order chi connectivity index (χ0) is 14.4. The van der Waals surface area contributed by atoms with Gasteiger partial charge in [0.1, 0.15) is 12.0 Å². The van der Waals surface area contributed by atoms with Crippen molar-refractivity contribution in [2.45, 2.75) is 19.6 Å². The second-order valence-corrected chi connectivity index (χ2v) is 4.55. The van der Waals surface area contributed by atoms with Gasteiger partial charge in [-0.15, -0.1) is 0 Å². The quantitative estimate of drug-likeness (QED) is 0.749. The van der Waals surface area contributed by atoms with E-state index in [1.807, 2.05) is 37.3 Å². The van der Waals surface area contributed by atoms with Crippen LogP contribution in [-0.4, -0.2) is 13.4 Å². The Morgan fingerprint density at radius 1 is 1.15 bits per heavy atom. The van der Waals surface area contributed by atoms with Crippen molar-refractivity contribution in [3.63, 3.8) is 0 Å². The highest BCUT2D eigenvalue weighted by Gasteiger charge is 2.09. The van der Waals surface area contributed by atoms with Crippen molar-refractivity contribution in [3.05, 3.63) is 65.2 Å². The molecule has 0 aliphatic heterocycles. The zero-order valence-electron chi connectivity index (χ0n) is 11.7. The lowest BCUT2D eigenvalue weighted by Crippen LogP contribution is -2.02. The maximum Gasteiger partial charge on any atom is 0.150 e. The van der Waals surface area contributed by atoms with Gasteiger partial charge in [0.15, 0.2) is 0 Å². The lowest BCUT2D eigenvalue weighted by Gasteiger charge is -2.15. The Balaban J connectivity index is 2.08. The average molecular weight is 270 g/mol. The van der Waals surface area contributed by atoms with E-state index in [9.17, 15) is 4.79 Å². The summed E-state index contributed by atoms with van der Waals surface area (Å²) in [6, 6.07) is 15.3. The van der Waals surface area contributed by atoms with Gasteiger partial charge in [-0.2, -0.15) is 0 Å². The van der Waals surface area contributed by atoms with Crippen LogP contribution in [0.4, 0.5) is 0 Å². The number of carbonyl (C=O) groups excluding carboxylic acids is 1. The number of carbonyl (C=O) groups is 1. The average Bonchev–Trinajstić information content (AvgIpc) is 2.53. The molecule has 0 bridgehead atoms. The molecule has 3 heteroatoms. The van der Waals surface area contributed by atoms with E-state index >= 15 is 0 Å². The van der Waals surface area contributed by atoms with Crippen LogP contribution in [-0.2, 0) is 11.3 Å². The largest absolute Gasteiger partial charge is 0.496 e. The van der Waals surface area contributed by atoms with Gasteiger partial charge in [0.25, 0.3) is 0 Å². The molecule has 0 spiro atoms. The fraction of sp³-hybridized carbons (Fsp3) is 0.235. The van der Waals surface area contributed by atoms with Crippen LogP contribution in [0.1, 0.15) is 34.5 Å². The summed E-state index contributed by atoms with van der Waals surface area (Å²) >= 11 is 0. The molecule has 2 rings (SSSR count). The second kappa shape index (κ2) is 6.87. The van der Waals surface area contributed by atoms with E-state index in [4.69, 9.17) is 9.47 Å². The van der Waals surface area contributed by atoms with Gasteiger partial charge < -0.3 is 9.47 Å². The predicted molar refractivity (Wildman–Crippen MR) is 78.0 cm³/mol. The van der Waals surface area contributed by atoms with Crippen molar-refractivity contribution >= 4 is 6.29 Å². The Hall–Kier alpha value is -2.13. The summed E-state index contributed by atoms with van der Waals surface area (Å²) in [5.74, 6) is 0.732. The molecular weight excluding hydrogens is 252 g/mol. The van der Waals surface area contributed by atoms with Crippen LogP contribution < -0.4 is 4.74 Å². The first kappa shape index (κ1) is 14.3. The molecule has 0 aliphatic rings. The van der Waals surface area contributed by atoms with Crippen LogP contribution in [0.15, 0.2) is 48.5 Å². The number of hydrogen-bond donors (Lipinski definition) is 0. The van der Waals surface area contributed by atoms with Gasteiger partial charge >= 0.3 is 0 Å². The third-order valence-electron chi connectivity index (χ3n) is 3.20. The number of ether oxygens (including phenoxy) is 2. The van der Waals surface area contributed by atoms with E-state index in [1.165, 1.54) is 0 Å². The van der Waals surface area contributed by atoms with Crippen LogP contribution in [0.2, 0.25) is 0 Å². The Morgan fingerprint density at radius 3 is 2.55 bits per heavy atom. The molecule has 0 saturated carbocycles. The van der Waals surface area contributed by atoms with Crippen LogP contribution in [0.25, 0.3) is 0 Å². The molecule has 0 saturated heterocycles. The van der Waals surface area contributed by atoms with Crippen molar-refractivity contribution in [1.29, 1.82) is 0 Å². The number of methoxy groups -OCH3 is 1. The number of hydrogen-bond acceptors (Lipinski definition) is 3. The van der Waals surface area contributed by atoms with Crippen molar-refractivity contribution in [3.8, 4) is 5.75 Å². The maximum absolute atomic E-state index is 10.8. The van der Waals surface area contributed by atoms with Crippen LogP contribution in [0.3, 0.4) is 0 Å². The second-order valence-electron chi connectivity index (χ2n) is 4.55. The summed E-state index contributed by atoms with van der Waals surface area (Å²) in [7, 11) is 1.61. The summed E-state index contributed by atoms with van der Waals surface area (Å²) in [6.07, 6.45) is 0.810. The zero-order valence-corrected chi connectivity index (χ0v) is 11.7. The molecule has 3 nitrogen and oxygen atoms in total. The molecule has 0 N–H and O–H groups in total. The number of aldehydes is 1. The molecule has 2 aromatic rings. The SMILES string of the molecule is COc1ccc(C=O)cc1COC(C)c1ccccc1. The highest BCUT2D eigenvalue weighted by molar-refractivity contribution is 5.75. The fourth-order valence-corrected chi connectivity index (χ4v) is 2.02. The molecule has 0 heterocycles. The molecule has 0 radical (unpaired) electrons. The van der Waals surface area contributed by atoms with Crippen molar-refractivity contribution < 1.29 is 14.3 Å². The number of rotatable bonds is 6. The van der Waals surface area contributed by atoms with Gasteiger partial charge in [-0.1, -0.05) is 30.3 Å². The summed E-state index contributed by atoms with van der Waals surface area (Å²) < 4.78 is 11.1. The standard InChI is InChI=1S/C17H18O3/c1-13(15-6-4-3-5-7-15)20-12-16-10-14(11-18)8-9-17(16)19-2/h3-11,13H,12H2,1-2H3. The van der Waals surface area contributed by atoms with Gasteiger partial charge in [0.2, 0.25) is 0 Å². The fourth-order valence-electron chi connectivity index (χ4n) is 2.02. The lowest BCUT2D eigenvalue weighted by molar-refractivity contribution is 0.0514. The predicted octanol–water partition coefficient (Wildman–Crippen LogP) is 3.79. The molecular formula is C17H18O3. The van der Waals surface area contributed by atoms with E-state index in [-0.39, 0.29) is 6.10 Å². The highest BCUT2D eigenvalue weighted by Crippen LogP contribution is 2.24. The first-order chi connectivity index (χ1) is 9.74. The van der Waals surface area contributed by atoms with Gasteiger partial charge in [-0.3, -0.25) is 4.79 Å². The minimum atomic E-state index is -0.0132. The molecule has 0 fully saturated rings. The van der Waals surface area contributed by atoms with E-state index in [1.54, 1.807) is 25.3 Å². The Labute approximate surface area is 119 Å². The van der Waals surface area contributed by atoms with Crippen molar-refractivity contribution in [2.75, 3.05) is 7.11 Å². The molecule has 1 atom stereocenters. The molecule has 0 aliphatic carbocycles. The van der Waals surface area contributed by atoms with Crippen molar-refractivity contribution in [2.24, 2.45) is 0 Å². The third kappa shape index (κ3) is 3.45. The Morgan fingerprint density at radius 2 is 1.90 bits per heavy atom. The van der Waals surface area contributed by atoms with Crippen molar-refractivity contribution in [1.82, 2.24) is 0 Å². The molecule has 0 aromatic heterocycles. The molecule has 104 valence electrons. The summed E-state index contributed by atoms with van der Waals surface area (Å²) in [5.41, 5.74) is 2.62. The summed E-state index contributed by atoms with van der Waals surface area (Å²) in [5, 5.41) is 0. The smallest absolute Gasteiger partial charge is 0.150 e. The van der Waals surface area contributed by atoms with Gasteiger partial charge in [-0.05, 0) is 30.7 Å². The molecule has 20 heavy (non-hydrogen) atoms. The van der Waals surface area contributed by atoms with Gasteiger partial charge in [0, 0.05) is 11.1 Å². The van der Waals surface area contributed by atoms with E-state index < -0.39 is 0 Å². The number of benzene rings is 2. The topological polar surface area (TPSA) is 35.5 Å². The van der Waals surface area contributed by atoms with Gasteiger partial charge in [0.05, 0.1) is 19.8 Å². The summed E-state index contributed by atoms with van der Waals surface area (Å²) in [4.78, 5) is 10.8. The molecule has 1 unspecified atom stereocenters. The van der Waals surface area contributed by atoms with Crippen LogP contribution >= 0.6 is 0 Å². The normalized spacial score (nSPS) is 11.9. The van der Waals surface area contributed by atoms with Crippen LogP contribution in [0.5, 0.6) is 5.75 Å². The Kier molecular flexibility index (Phi) is 4.91. The first-order valence-electron chi connectivity index (χ1n) is 6.53. The lowest BCUT2D eigenvalue weighted by atomic mass is 10.1. The van der Waals surface area contributed by atoms with E-state index in [2.05, 4.69) is 0 Å². The highest BCUT2D eigenvalue weighted by atomic mass is 16.5. The molecule has 0 amide bonds. The summed E-state index contributed by atoms with van der Waals surface area (Å²) in [6.45, 7) is 2.41. The van der Waals surface area contributed by atoms with E-state index in [0.717, 1.165) is 23.2 Å². The maximum atomic E-state index is 10.8. The Bertz CT molecular complexity index is 564. The van der Waals surface area contributed by atoms with E-state index in [0.29, 0.717) is 12.2 Å². The minimum absolute atomic E-state index is 0.0132. The van der Waals surface area contributed by atoms with Gasteiger partial charge in [-0.25, -0.2) is 0 Å². The first-order valence-corrected chi connectivity index (χ1v) is 6.53. The van der Waals surface area contributed by atoms with Crippen LogP contribution in [0, 0.1) is 0 Å².